The normalized spacial score (nSPS) is 11.3. The number of nitrogens with zero attached hydrogens (tertiary/aromatic N) is 2. The average molecular weight is 264 g/mol. The van der Waals surface area contributed by atoms with E-state index in [0.717, 1.165) is 6.07 Å². The van der Waals surface area contributed by atoms with Gasteiger partial charge in [-0.25, -0.2) is 13.8 Å². The van der Waals surface area contributed by atoms with Gasteiger partial charge in [-0.05, 0) is 26.0 Å². The van der Waals surface area contributed by atoms with Crippen molar-refractivity contribution in [2.45, 2.75) is 19.3 Å². The maximum absolute atomic E-state index is 13.1. The minimum Gasteiger partial charge on any atom is -0.240 e. The van der Waals surface area contributed by atoms with Crippen molar-refractivity contribution >= 4 is 11.3 Å². The molecule has 2 rings (SSSR count). The first-order valence-corrected chi connectivity index (χ1v) is 6.14. The highest BCUT2D eigenvalue weighted by atomic mass is 32.1. The predicted molar refractivity (Wildman–Crippen MR) is 66.1 cm³/mol. The van der Waals surface area contributed by atoms with E-state index in [1.54, 1.807) is 19.2 Å². The molecule has 1 aromatic heterocycles. The highest BCUT2D eigenvalue weighted by molar-refractivity contribution is 7.10. The first-order chi connectivity index (χ1) is 8.42. The third-order valence-corrected chi connectivity index (χ3v) is 3.64. The molecule has 0 N–H and O–H groups in total. The van der Waals surface area contributed by atoms with Crippen molar-refractivity contribution in [2.24, 2.45) is 0 Å². The Morgan fingerprint density at radius 2 is 1.83 bits per heavy atom. The molecule has 2 aromatic rings. The van der Waals surface area contributed by atoms with Crippen molar-refractivity contribution in [2.75, 3.05) is 0 Å². The number of hydrogen-bond donors (Lipinski definition) is 0. The molecular formula is C13H10F2N2S. The molecule has 0 spiro atoms. The van der Waals surface area contributed by atoms with E-state index in [-0.39, 0.29) is 0 Å². The highest BCUT2D eigenvalue weighted by Gasteiger charge is 2.24. The summed E-state index contributed by atoms with van der Waals surface area (Å²) in [6.45, 7) is 3.50. The van der Waals surface area contributed by atoms with Crippen molar-refractivity contribution in [1.29, 1.82) is 5.26 Å². The van der Waals surface area contributed by atoms with Gasteiger partial charge in [-0.1, -0.05) is 0 Å². The summed E-state index contributed by atoms with van der Waals surface area (Å²) in [5.41, 5.74) is 0.162. The molecule has 0 amide bonds. The Kier molecular flexibility index (Phi) is 3.14. The van der Waals surface area contributed by atoms with Crippen LogP contribution in [0, 0.1) is 23.0 Å². The fourth-order valence-corrected chi connectivity index (χ4v) is 2.35. The van der Waals surface area contributed by atoms with Crippen LogP contribution in [0.1, 0.15) is 18.9 Å². The third kappa shape index (κ3) is 2.39. The van der Waals surface area contributed by atoms with Gasteiger partial charge in [-0.2, -0.15) is 5.26 Å². The molecule has 5 heteroatoms. The van der Waals surface area contributed by atoms with E-state index in [4.69, 9.17) is 5.26 Å². The van der Waals surface area contributed by atoms with E-state index >= 15 is 0 Å². The second-order valence-corrected chi connectivity index (χ2v) is 5.29. The van der Waals surface area contributed by atoms with Gasteiger partial charge in [-0.3, -0.25) is 0 Å². The molecule has 0 aliphatic rings. The van der Waals surface area contributed by atoms with Gasteiger partial charge in [0, 0.05) is 17.0 Å². The van der Waals surface area contributed by atoms with Gasteiger partial charge in [0.15, 0.2) is 0 Å². The number of rotatable bonds is 2. The lowest BCUT2D eigenvalue weighted by atomic mass is 9.97. The molecule has 0 aliphatic heterocycles. The van der Waals surface area contributed by atoms with E-state index in [1.807, 2.05) is 0 Å². The van der Waals surface area contributed by atoms with Gasteiger partial charge in [0.25, 0.3) is 0 Å². The van der Waals surface area contributed by atoms with Crippen LogP contribution in [0.2, 0.25) is 0 Å². The summed E-state index contributed by atoms with van der Waals surface area (Å²) in [6.07, 6.45) is 0. The fourth-order valence-electron chi connectivity index (χ4n) is 1.44. The number of benzene rings is 1. The van der Waals surface area contributed by atoms with Crippen LogP contribution in [-0.4, -0.2) is 4.98 Å². The van der Waals surface area contributed by atoms with Crippen molar-refractivity contribution in [3.63, 3.8) is 0 Å². The van der Waals surface area contributed by atoms with Crippen LogP contribution in [0.3, 0.4) is 0 Å². The lowest BCUT2D eigenvalue weighted by molar-refractivity contribution is 0.584. The Labute approximate surface area is 108 Å². The quantitative estimate of drug-likeness (QED) is 0.825. The van der Waals surface area contributed by atoms with Crippen LogP contribution < -0.4 is 0 Å². The zero-order valence-corrected chi connectivity index (χ0v) is 10.7. The van der Waals surface area contributed by atoms with E-state index in [2.05, 4.69) is 11.1 Å². The molecule has 18 heavy (non-hydrogen) atoms. The molecule has 0 saturated heterocycles. The maximum atomic E-state index is 13.1. The molecule has 0 atom stereocenters. The smallest absolute Gasteiger partial charge is 0.126 e. The number of thiazole rings is 1. The number of halogens is 2. The summed E-state index contributed by atoms with van der Waals surface area (Å²) in [4.78, 5) is 4.27. The first kappa shape index (κ1) is 12.7. The monoisotopic (exact) mass is 264 g/mol. The van der Waals surface area contributed by atoms with Gasteiger partial charge in [0.2, 0.25) is 0 Å². The SMILES string of the molecule is CC(C)(C#N)c1nc(-c2cc(F)cc(F)c2)cs1. The van der Waals surface area contributed by atoms with Crippen LogP contribution in [0.4, 0.5) is 8.78 Å². The summed E-state index contributed by atoms with van der Waals surface area (Å²) in [6, 6.07) is 5.41. The summed E-state index contributed by atoms with van der Waals surface area (Å²) in [5, 5.41) is 11.3. The van der Waals surface area contributed by atoms with Gasteiger partial charge in [0.1, 0.15) is 22.1 Å². The zero-order chi connectivity index (χ0) is 13.3. The third-order valence-electron chi connectivity index (χ3n) is 2.48. The topological polar surface area (TPSA) is 36.7 Å². The van der Waals surface area contributed by atoms with Crippen LogP contribution in [0.25, 0.3) is 11.3 Å². The Hall–Kier alpha value is -1.80. The molecule has 2 nitrogen and oxygen atoms in total. The second kappa shape index (κ2) is 4.46. The van der Waals surface area contributed by atoms with E-state index < -0.39 is 17.0 Å². The standard InChI is InChI=1S/C13H10F2N2S/c1-13(2,7-16)12-17-11(6-18-12)8-3-9(14)5-10(15)4-8/h3-6H,1-2H3. The Morgan fingerprint density at radius 1 is 1.22 bits per heavy atom. The minimum absolute atomic E-state index is 0.378. The first-order valence-electron chi connectivity index (χ1n) is 5.26. The average Bonchev–Trinajstić information content (AvgIpc) is 2.77. The highest BCUT2D eigenvalue weighted by Crippen LogP contribution is 2.30. The van der Waals surface area contributed by atoms with E-state index in [9.17, 15) is 8.78 Å². The van der Waals surface area contributed by atoms with Gasteiger partial charge >= 0.3 is 0 Å². The molecule has 0 fully saturated rings. The summed E-state index contributed by atoms with van der Waals surface area (Å²) in [7, 11) is 0. The second-order valence-electron chi connectivity index (χ2n) is 4.43. The number of nitriles is 1. The summed E-state index contributed by atoms with van der Waals surface area (Å²) < 4.78 is 26.2. The molecule has 0 bridgehead atoms. The molecule has 0 aliphatic carbocycles. The molecule has 1 aromatic carbocycles. The van der Waals surface area contributed by atoms with Crippen LogP contribution in [-0.2, 0) is 5.41 Å². The lowest BCUT2D eigenvalue weighted by Crippen LogP contribution is -2.13. The van der Waals surface area contributed by atoms with Crippen molar-refractivity contribution in [3.05, 3.63) is 40.2 Å². The maximum Gasteiger partial charge on any atom is 0.126 e. The van der Waals surface area contributed by atoms with E-state index in [1.165, 1.54) is 23.5 Å². The lowest BCUT2D eigenvalue weighted by Gasteiger charge is -2.09. The molecular weight excluding hydrogens is 254 g/mol. The largest absolute Gasteiger partial charge is 0.240 e. The number of hydrogen-bond acceptors (Lipinski definition) is 3. The van der Waals surface area contributed by atoms with Gasteiger partial charge in [0.05, 0.1) is 11.8 Å². The minimum atomic E-state index is -0.700. The van der Waals surface area contributed by atoms with Crippen LogP contribution in [0.5, 0.6) is 0 Å². The van der Waals surface area contributed by atoms with Crippen molar-refractivity contribution < 1.29 is 8.78 Å². The summed E-state index contributed by atoms with van der Waals surface area (Å²) in [5.74, 6) is -1.28. The molecule has 1 heterocycles. The predicted octanol–water partition coefficient (Wildman–Crippen LogP) is 3.89. The molecule has 0 unspecified atom stereocenters. The Morgan fingerprint density at radius 3 is 2.39 bits per heavy atom. The van der Waals surface area contributed by atoms with Crippen LogP contribution >= 0.6 is 11.3 Å². The summed E-state index contributed by atoms with van der Waals surface area (Å²) >= 11 is 1.31. The van der Waals surface area contributed by atoms with Gasteiger partial charge < -0.3 is 0 Å². The fraction of sp³-hybridized carbons (Fsp3) is 0.231. The zero-order valence-electron chi connectivity index (χ0n) is 9.87. The molecule has 0 saturated carbocycles. The van der Waals surface area contributed by atoms with Gasteiger partial charge in [-0.15, -0.1) is 11.3 Å². The molecule has 92 valence electrons. The Bertz CT molecular complexity index is 606. The number of aromatic nitrogens is 1. The van der Waals surface area contributed by atoms with E-state index in [0.29, 0.717) is 16.3 Å². The molecule has 0 radical (unpaired) electrons. The van der Waals surface area contributed by atoms with Crippen molar-refractivity contribution in [1.82, 2.24) is 4.98 Å². The van der Waals surface area contributed by atoms with Crippen LogP contribution in [0.15, 0.2) is 23.6 Å². The Balaban J connectivity index is 2.45. The van der Waals surface area contributed by atoms with Crippen molar-refractivity contribution in [3.8, 4) is 17.3 Å².